The van der Waals surface area contributed by atoms with Crippen molar-refractivity contribution < 1.29 is 4.74 Å². The van der Waals surface area contributed by atoms with Gasteiger partial charge in [0, 0.05) is 25.2 Å². The molecule has 0 amide bonds. The summed E-state index contributed by atoms with van der Waals surface area (Å²) >= 11 is 0. The summed E-state index contributed by atoms with van der Waals surface area (Å²) in [4.78, 5) is 5.28. The molecule has 0 N–H and O–H groups in total. The van der Waals surface area contributed by atoms with Crippen LogP contribution >= 0.6 is 0 Å². The highest BCUT2D eigenvalue weighted by molar-refractivity contribution is 5.47. The fraction of sp³-hybridized carbons (Fsp3) is 0.667. The number of rotatable bonds is 2. The van der Waals surface area contributed by atoms with Crippen LogP contribution in [0, 0.1) is 11.3 Å². The van der Waals surface area contributed by atoms with Gasteiger partial charge in [0.25, 0.3) is 0 Å². The van der Waals surface area contributed by atoms with E-state index in [-0.39, 0.29) is 11.2 Å². The van der Waals surface area contributed by atoms with Crippen molar-refractivity contribution in [2.24, 2.45) is 11.3 Å². The fourth-order valence-electron chi connectivity index (χ4n) is 9.18. The van der Waals surface area contributed by atoms with Crippen LogP contribution in [0.3, 0.4) is 0 Å². The maximum atomic E-state index is 7.45. The number of hydrogen-bond donors (Lipinski definition) is 0. The molecule has 0 radical (unpaired) electrons. The SMILES string of the molecule is CN(C)[C@@H]1CCC2=CC3=CC[C@]4(C)[C@@H](N5CCc6ccccc6C5)CC[C@H]4C34CC[C@]2(C1)O4. The zero-order valence-electron chi connectivity index (χ0n) is 20.8. The molecule has 1 saturated heterocycles. The van der Waals surface area contributed by atoms with E-state index >= 15 is 0 Å². The van der Waals surface area contributed by atoms with E-state index in [1.54, 1.807) is 22.3 Å². The minimum Gasteiger partial charge on any atom is -0.359 e. The van der Waals surface area contributed by atoms with E-state index in [1.165, 1.54) is 64.3 Å². The van der Waals surface area contributed by atoms with Crippen molar-refractivity contribution in [2.75, 3.05) is 20.6 Å². The quantitative estimate of drug-likeness (QED) is 0.599. The van der Waals surface area contributed by atoms with Gasteiger partial charge < -0.3 is 9.64 Å². The third-order valence-corrected chi connectivity index (χ3v) is 10.9. The summed E-state index contributed by atoms with van der Waals surface area (Å²) in [5, 5.41) is 0. The standard InChI is InChI=1S/C30H40N2O/c1-28-14-12-24-18-23-8-9-25(31(2)3)19-29(23)15-16-30(24,33-29)26(28)10-11-27(28)32-17-13-21-6-4-5-7-22(21)20-32/h4-7,12,18,25-27H,8-11,13-17,19-20H2,1-3H3/t25-,26-,27+,28+,29-,30?/m1/s1. The van der Waals surface area contributed by atoms with Crippen molar-refractivity contribution >= 4 is 0 Å². The van der Waals surface area contributed by atoms with Gasteiger partial charge in [0.05, 0.1) is 11.2 Å². The molecule has 0 aromatic heterocycles. The van der Waals surface area contributed by atoms with Crippen LogP contribution in [-0.4, -0.2) is 53.7 Å². The molecule has 33 heavy (non-hydrogen) atoms. The Morgan fingerprint density at radius 2 is 1.88 bits per heavy atom. The molecule has 7 rings (SSSR count). The lowest BCUT2D eigenvalue weighted by Crippen LogP contribution is -2.57. The van der Waals surface area contributed by atoms with Crippen LogP contribution < -0.4 is 0 Å². The molecule has 1 aromatic carbocycles. The summed E-state index contributed by atoms with van der Waals surface area (Å²) in [5.74, 6) is 0.657. The fourth-order valence-corrected chi connectivity index (χ4v) is 9.18. The molecule has 3 heteroatoms. The zero-order valence-corrected chi connectivity index (χ0v) is 20.8. The van der Waals surface area contributed by atoms with Gasteiger partial charge >= 0.3 is 0 Å². The van der Waals surface area contributed by atoms with Crippen LogP contribution in [0.25, 0.3) is 0 Å². The second kappa shape index (κ2) is 7.06. The molecule has 3 aliphatic carbocycles. The van der Waals surface area contributed by atoms with Gasteiger partial charge in [-0.25, -0.2) is 0 Å². The molecule has 3 nitrogen and oxygen atoms in total. The number of hydrogen-bond acceptors (Lipinski definition) is 3. The van der Waals surface area contributed by atoms with Gasteiger partial charge in [0.2, 0.25) is 0 Å². The van der Waals surface area contributed by atoms with Crippen LogP contribution in [0.4, 0.5) is 0 Å². The van der Waals surface area contributed by atoms with Crippen LogP contribution in [-0.2, 0) is 17.7 Å². The normalized spacial score (nSPS) is 43.9. The van der Waals surface area contributed by atoms with Crippen molar-refractivity contribution in [3.05, 3.63) is 58.7 Å². The highest BCUT2D eigenvalue weighted by Crippen LogP contribution is 2.67. The molecule has 6 atom stereocenters. The third kappa shape index (κ3) is 2.79. The molecule has 2 spiro atoms. The summed E-state index contributed by atoms with van der Waals surface area (Å²) < 4.78 is 7.45. The first-order chi connectivity index (χ1) is 15.9. The molecule has 2 bridgehead atoms. The molecule has 6 aliphatic rings. The molecule has 3 fully saturated rings. The Labute approximate surface area is 199 Å². The number of allylic oxidation sites excluding steroid dienone is 1. The van der Waals surface area contributed by atoms with Crippen LogP contribution in [0.2, 0.25) is 0 Å². The third-order valence-electron chi connectivity index (χ3n) is 10.9. The second-order valence-corrected chi connectivity index (χ2v) is 12.5. The van der Waals surface area contributed by atoms with Gasteiger partial charge in [0.1, 0.15) is 0 Å². The Morgan fingerprint density at radius 1 is 1.03 bits per heavy atom. The largest absolute Gasteiger partial charge is 0.359 e. The Bertz CT molecular complexity index is 1040. The minimum absolute atomic E-state index is 0.0188. The van der Waals surface area contributed by atoms with Crippen LogP contribution in [0.1, 0.15) is 69.4 Å². The predicted molar refractivity (Wildman–Crippen MR) is 133 cm³/mol. The lowest BCUT2D eigenvalue weighted by Gasteiger charge is -2.55. The van der Waals surface area contributed by atoms with E-state index in [4.69, 9.17) is 4.74 Å². The van der Waals surface area contributed by atoms with Gasteiger partial charge in [-0.1, -0.05) is 43.3 Å². The van der Waals surface area contributed by atoms with E-state index < -0.39 is 0 Å². The van der Waals surface area contributed by atoms with Crippen molar-refractivity contribution in [3.8, 4) is 0 Å². The Morgan fingerprint density at radius 3 is 2.73 bits per heavy atom. The Hall–Kier alpha value is -1.42. The predicted octanol–water partition coefficient (Wildman–Crippen LogP) is 5.50. The Balaban J connectivity index is 1.22. The first-order valence-electron chi connectivity index (χ1n) is 13.5. The van der Waals surface area contributed by atoms with E-state index in [2.05, 4.69) is 67.2 Å². The first-order valence-corrected chi connectivity index (χ1v) is 13.5. The summed E-state index contributed by atoms with van der Waals surface area (Å²) in [6.07, 6.45) is 16.5. The van der Waals surface area contributed by atoms with E-state index in [0.29, 0.717) is 23.4 Å². The average Bonchev–Trinajstić information content (AvgIpc) is 3.33. The van der Waals surface area contributed by atoms with E-state index in [1.807, 2.05) is 0 Å². The average molecular weight is 445 g/mol. The Kier molecular flexibility index (Phi) is 4.47. The number of benzene rings is 1. The molecular formula is C30H40N2O. The van der Waals surface area contributed by atoms with Crippen molar-refractivity contribution in [3.63, 3.8) is 0 Å². The van der Waals surface area contributed by atoms with Gasteiger partial charge in [-0.15, -0.1) is 0 Å². The molecule has 3 aliphatic heterocycles. The summed E-state index contributed by atoms with van der Waals surface area (Å²) in [5.41, 5.74) is 6.61. The van der Waals surface area contributed by atoms with E-state index in [0.717, 1.165) is 6.54 Å². The number of nitrogens with zero attached hydrogens (tertiary/aromatic N) is 2. The molecule has 1 aromatic rings. The molecule has 176 valence electrons. The molecule has 3 heterocycles. The smallest absolute Gasteiger partial charge is 0.0975 e. The molecule has 1 unspecified atom stereocenters. The van der Waals surface area contributed by atoms with Crippen molar-refractivity contribution in [1.29, 1.82) is 0 Å². The highest BCUT2D eigenvalue weighted by Gasteiger charge is 2.67. The summed E-state index contributed by atoms with van der Waals surface area (Å²) in [7, 11) is 4.51. The van der Waals surface area contributed by atoms with Gasteiger partial charge in [0.15, 0.2) is 0 Å². The lowest BCUT2D eigenvalue weighted by atomic mass is 9.59. The van der Waals surface area contributed by atoms with Crippen LogP contribution in [0.5, 0.6) is 0 Å². The second-order valence-electron chi connectivity index (χ2n) is 12.5. The van der Waals surface area contributed by atoms with Gasteiger partial charge in [-0.3, -0.25) is 4.90 Å². The molecular weight excluding hydrogens is 404 g/mol. The van der Waals surface area contributed by atoms with Gasteiger partial charge in [-0.2, -0.15) is 0 Å². The monoisotopic (exact) mass is 444 g/mol. The minimum atomic E-state index is -0.0207. The van der Waals surface area contributed by atoms with Crippen molar-refractivity contribution in [1.82, 2.24) is 9.80 Å². The van der Waals surface area contributed by atoms with E-state index in [9.17, 15) is 0 Å². The van der Waals surface area contributed by atoms with Crippen LogP contribution in [0.15, 0.2) is 47.6 Å². The molecule has 2 saturated carbocycles. The number of ether oxygens (including phenoxy) is 1. The summed E-state index contributed by atoms with van der Waals surface area (Å²) in [6.45, 7) is 4.97. The maximum Gasteiger partial charge on any atom is 0.0975 e. The summed E-state index contributed by atoms with van der Waals surface area (Å²) in [6, 6.07) is 10.5. The van der Waals surface area contributed by atoms with Gasteiger partial charge in [-0.05, 0) is 105 Å². The first kappa shape index (κ1) is 20.9. The maximum absolute atomic E-state index is 7.45. The topological polar surface area (TPSA) is 15.7 Å². The van der Waals surface area contributed by atoms with Crippen molar-refractivity contribution in [2.45, 2.75) is 94.5 Å². The highest BCUT2D eigenvalue weighted by atomic mass is 16.5. The number of fused-ring (bicyclic) bond motifs is 2. The zero-order chi connectivity index (χ0) is 22.4. The lowest BCUT2D eigenvalue weighted by molar-refractivity contribution is -0.144.